The predicted molar refractivity (Wildman–Crippen MR) is 59.7 cm³/mol. The molecule has 0 spiro atoms. The van der Waals surface area contributed by atoms with Gasteiger partial charge in [0.2, 0.25) is 0 Å². The van der Waals surface area contributed by atoms with E-state index in [0.29, 0.717) is 0 Å². The summed E-state index contributed by atoms with van der Waals surface area (Å²) in [5, 5.41) is 0. The van der Waals surface area contributed by atoms with E-state index in [-0.39, 0.29) is 12.1 Å². The number of hydrogen-bond acceptors (Lipinski definition) is 2. The van der Waals surface area contributed by atoms with E-state index < -0.39 is 0 Å². The molecule has 0 aliphatic rings. The van der Waals surface area contributed by atoms with Crippen LogP contribution in [0.2, 0.25) is 0 Å². The Hall–Kier alpha value is -1.02. The second-order valence-corrected chi connectivity index (χ2v) is 3.95. The summed E-state index contributed by atoms with van der Waals surface area (Å²) in [7, 11) is 0. The summed E-state index contributed by atoms with van der Waals surface area (Å²) in [5.74, 6) is 0.931. The number of aryl methyl sites for hydroxylation is 2. The van der Waals surface area contributed by atoms with Crippen LogP contribution in [0.4, 0.5) is 0 Å². The third-order valence-corrected chi connectivity index (χ3v) is 2.38. The van der Waals surface area contributed by atoms with Gasteiger partial charge in [-0.15, -0.1) is 0 Å². The van der Waals surface area contributed by atoms with Gasteiger partial charge in [0.1, 0.15) is 11.9 Å². The topological polar surface area (TPSA) is 35.2 Å². The largest absolute Gasteiger partial charge is 0.489 e. The molecule has 2 heteroatoms. The minimum atomic E-state index is 0.0516. The third-order valence-electron chi connectivity index (χ3n) is 2.38. The van der Waals surface area contributed by atoms with Crippen molar-refractivity contribution in [1.82, 2.24) is 0 Å². The highest BCUT2D eigenvalue weighted by Gasteiger charge is 2.10. The molecule has 2 nitrogen and oxygen atoms in total. The maximum absolute atomic E-state index is 5.74. The molecule has 1 aromatic rings. The Morgan fingerprint density at radius 3 is 2.36 bits per heavy atom. The van der Waals surface area contributed by atoms with Crippen molar-refractivity contribution < 1.29 is 4.74 Å². The highest BCUT2D eigenvalue weighted by Crippen LogP contribution is 2.20. The molecule has 0 fully saturated rings. The van der Waals surface area contributed by atoms with Crippen LogP contribution in [0.1, 0.15) is 25.0 Å². The van der Waals surface area contributed by atoms with Crippen molar-refractivity contribution in [2.75, 3.05) is 0 Å². The highest BCUT2D eigenvalue weighted by molar-refractivity contribution is 5.35. The van der Waals surface area contributed by atoms with E-state index >= 15 is 0 Å². The normalized spacial score (nSPS) is 14.9. The molecule has 0 saturated carbocycles. The molecule has 78 valence electrons. The lowest BCUT2D eigenvalue weighted by molar-refractivity contribution is 0.195. The minimum absolute atomic E-state index is 0.0516. The summed E-state index contributed by atoms with van der Waals surface area (Å²) in [6, 6.07) is 6.22. The van der Waals surface area contributed by atoms with Gasteiger partial charge in [0, 0.05) is 6.04 Å². The average Bonchev–Trinajstić information content (AvgIpc) is 2.09. The van der Waals surface area contributed by atoms with Gasteiger partial charge in [-0.2, -0.15) is 0 Å². The van der Waals surface area contributed by atoms with Gasteiger partial charge in [-0.05, 0) is 39.3 Å². The molecule has 2 N–H and O–H groups in total. The molecule has 0 aliphatic carbocycles. The fraction of sp³-hybridized carbons (Fsp3) is 0.500. The molecule has 2 atom stereocenters. The molecule has 1 aromatic carbocycles. The maximum Gasteiger partial charge on any atom is 0.122 e. The molecule has 0 bridgehead atoms. The molecule has 14 heavy (non-hydrogen) atoms. The van der Waals surface area contributed by atoms with Crippen molar-refractivity contribution in [3.8, 4) is 5.75 Å². The van der Waals surface area contributed by atoms with Crippen molar-refractivity contribution in [3.63, 3.8) is 0 Å². The van der Waals surface area contributed by atoms with E-state index in [1.807, 2.05) is 19.9 Å². The molecule has 2 unspecified atom stereocenters. The zero-order valence-electron chi connectivity index (χ0n) is 9.37. The first-order valence-corrected chi connectivity index (χ1v) is 5.00. The summed E-state index contributed by atoms with van der Waals surface area (Å²) in [5.41, 5.74) is 8.16. The van der Waals surface area contributed by atoms with Crippen LogP contribution in [-0.4, -0.2) is 12.1 Å². The molecular weight excluding hydrogens is 174 g/mol. The summed E-state index contributed by atoms with van der Waals surface area (Å²) in [6.07, 6.45) is 0.0522. The second kappa shape index (κ2) is 4.47. The van der Waals surface area contributed by atoms with Crippen molar-refractivity contribution in [1.29, 1.82) is 0 Å². The molecule has 0 heterocycles. The lowest BCUT2D eigenvalue weighted by atomic mass is 10.1. The van der Waals surface area contributed by atoms with Gasteiger partial charge in [-0.3, -0.25) is 0 Å². The third kappa shape index (κ3) is 2.74. The summed E-state index contributed by atoms with van der Waals surface area (Å²) < 4.78 is 5.74. The average molecular weight is 193 g/mol. The van der Waals surface area contributed by atoms with Crippen molar-refractivity contribution in [2.24, 2.45) is 5.73 Å². The standard InChI is InChI=1S/C12H19NO/c1-8-5-6-12(9(2)7-8)14-11(4)10(3)13/h5-7,10-11H,13H2,1-4H3. The molecular formula is C12H19NO. The first-order chi connectivity index (χ1) is 6.50. The van der Waals surface area contributed by atoms with E-state index in [2.05, 4.69) is 26.0 Å². The van der Waals surface area contributed by atoms with Crippen molar-refractivity contribution in [2.45, 2.75) is 39.8 Å². The number of benzene rings is 1. The lowest BCUT2D eigenvalue weighted by Crippen LogP contribution is -2.33. The minimum Gasteiger partial charge on any atom is -0.489 e. The van der Waals surface area contributed by atoms with E-state index in [0.717, 1.165) is 11.3 Å². The summed E-state index contributed by atoms with van der Waals surface area (Å²) >= 11 is 0. The monoisotopic (exact) mass is 193 g/mol. The number of nitrogens with two attached hydrogens (primary N) is 1. The number of hydrogen-bond donors (Lipinski definition) is 1. The molecule has 0 aliphatic heterocycles. The van der Waals surface area contributed by atoms with Crippen molar-refractivity contribution in [3.05, 3.63) is 29.3 Å². The van der Waals surface area contributed by atoms with E-state index in [9.17, 15) is 0 Å². The Morgan fingerprint density at radius 1 is 1.21 bits per heavy atom. The van der Waals surface area contributed by atoms with Crippen LogP contribution in [0, 0.1) is 13.8 Å². The van der Waals surface area contributed by atoms with Crippen LogP contribution in [-0.2, 0) is 0 Å². The summed E-state index contributed by atoms with van der Waals surface area (Å²) in [4.78, 5) is 0. The number of ether oxygens (including phenoxy) is 1. The molecule has 0 radical (unpaired) electrons. The predicted octanol–water partition coefficient (Wildman–Crippen LogP) is 2.42. The van der Waals surface area contributed by atoms with Gasteiger partial charge in [0.15, 0.2) is 0 Å². The fourth-order valence-electron chi connectivity index (χ4n) is 1.24. The first kappa shape index (κ1) is 11.1. The Balaban J connectivity index is 2.77. The van der Waals surface area contributed by atoms with Crippen LogP contribution in [0.5, 0.6) is 5.75 Å². The van der Waals surface area contributed by atoms with E-state index in [1.165, 1.54) is 5.56 Å². The highest BCUT2D eigenvalue weighted by atomic mass is 16.5. The fourth-order valence-corrected chi connectivity index (χ4v) is 1.24. The van der Waals surface area contributed by atoms with Crippen LogP contribution in [0.25, 0.3) is 0 Å². The zero-order valence-corrected chi connectivity index (χ0v) is 9.37. The molecule has 0 amide bonds. The van der Waals surface area contributed by atoms with Gasteiger partial charge in [-0.1, -0.05) is 17.7 Å². The smallest absolute Gasteiger partial charge is 0.122 e. The van der Waals surface area contributed by atoms with Crippen LogP contribution in [0.15, 0.2) is 18.2 Å². The Bertz CT molecular complexity index is 307. The van der Waals surface area contributed by atoms with Crippen LogP contribution < -0.4 is 10.5 Å². The van der Waals surface area contributed by atoms with Gasteiger partial charge >= 0.3 is 0 Å². The SMILES string of the molecule is Cc1ccc(OC(C)C(C)N)c(C)c1. The zero-order chi connectivity index (χ0) is 10.7. The molecule has 0 aromatic heterocycles. The van der Waals surface area contributed by atoms with E-state index in [4.69, 9.17) is 10.5 Å². The molecule has 0 saturated heterocycles. The number of rotatable bonds is 3. The van der Waals surface area contributed by atoms with Gasteiger partial charge < -0.3 is 10.5 Å². The first-order valence-electron chi connectivity index (χ1n) is 5.00. The Morgan fingerprint density at radius 2 is 1.86 bits per heavy atom. The van der Waals surface area contributed by atoms with E-state index in [1.54, 1.807) is 0 Å². The van der Waals surface area contributed by atoms with Gasteiger partial charge in [-0.25, -0.2) is 0 Å². The Kier molecular flexibility index (Phi) is 3.53. The van der Waals surface area contributed by atoms with Crippen LogP contribution in [0.3, 0.4) is 0 Å². The van der Waals surface area contributed by atoms with Gasteiger partial charge in [0.05, 0.1) is 0 Å². The van der Waals surface area contributed by atoms with Gasteiger partial charge in [0.25, 0.3) is 0 Å². The maximum atomic E-state index is 5.74. The quantitative estimate of drug-likeness (QED) is 0.800. The Labute approximate surface area is 86.1 Å². The second-order valence-electron chi connectivity index (χ2n) is 3.95. The lowest BCUT2D eigenvalue weighted by Gasteiger charge is -2.19. The molecule has 1 rings (SSSR count). The van der Waals surface area contributed by atoms with Crippen LogP contribution >= 0.6 is 0 Å². The summed E-state index contributed by atoms with van der Waals surface area (Å²) in [6.45, 7) is 8.07. The van der Waals surface area contributed by atoms with Crippen molar-refractivity contribution >= 4 is 0 Å².